The van der Waals surface area contributed by atoms with Gasteiger partial charge in [0.2, 0.25) is 0 Å². The average Bonchev–Trinajstić information content (AvgIpc) is 3.15. The van der Waals surface area contributed by atoms with Crippen LogP contribution in [-0.4, -0.2) is 17.2 Å². The Balaban J connectivity index is 1.37. The maximum atomic E-state index is 12.9. The van der Waals surface area contributed by atoms with E-state index in [1.54, 1.807) is 0 Å². The first-order chi connectivity index (χ1) is 15.5. The minimum Gasteiger partial charge on any atom is -0.457 e. The van der Waals surface area contributed by atoms with Crippen LogP contribution in [0.5, 0.6) is 0 Å². The van der Waals surface area contributed by atoms with Gasteiger partial charge >= 0.3 is 5.97 Å². The van der Waals surface area contributed by atoms with Crippen molar-refractivity contribution in [3.63, 3.8) is 0 Å². The van der Waals surface area contributed by atoms with Crippen LogP contribution in [0.25, 0.3) is 0 Å². The summed E-state index contributed by atoms with van der Waals surface area (Å²) in [6.07, 6.45) is 10.3. The quantitative estimate of drug-likeness (QED) is 0.298. The number of ether oxygens (including phenoxy) is 1. The molecule has 1 unspecified atom stereocenters. The maximum Gasteiger partial charge on any atom is 0.349 e. The van der Waals surface area contributed by atoms with E-state index < -0.39 is 5.97 Å². The first-order valence-corrected chi connectivity index (χ1v) is 12.2. The molecular weight excluding hydrogens is 398 g/mol. The van der Waals surface area contributed by atoms with Gasteiger partial charge in [0.1, 0.15) is 18.2 Å². The van der Waals surface area contributed by atoms with Crippen LogP contribution in [0.3, 0.4) is 0 Å². The van der Waals surface area contributed by atoms with Crippen molar-refractivity contribution in [2.45, 2.75) is 71.0 Å². The summed E-state index contributed by atoms with van der Waals surface area (Å²) in [6, 6.07) is 11.9. The van der Waals surface area contributed by atoms with Gasteiger partial charge in [-0.2, -0.15) is 5.26 Å². The molecule has 0 bridgehead atoms. The van der Waals surface area contributed by atoms with Crippen molar-refractivity contribution in [1.82, 2.24) is 0 Å². The van der Waals surface area contributed by atoms with Gasteiger partial charge in [-0.1, -0.05) is 48.9 Å². The SMILES string of the molecule is C[C@]12CC[C@H]3[C@@H](CC=C4CC(O)CC[C@@H]43)[C@@H]1CCC2=C(C#N)C(=O)OCc1ccccc1. The van der Waals surface area contributed by atoms with Crippen LogP contribution >= 0.6 is 0 Å². The third-order valence-electron chi connectivity index (χ3n) is 9.03. The van der Waals surface area contributed by atoms with Crippen LogP contribution in [-0.2, 0) is 16.1 Å². The summed E-state index contributed by atoms with van der Waals surface area (Å²) in [6.45, 7) is 2.49. The zero-order valence-electron chi connectivity index (χ0n) is 18.9. The maximum absolute atomic E-state index is 12.9. The number of hydrogen-bond acceptors (Lipinski definition) is 4. The minimum atomic E-state index is -0.470. The lowest BCUT2D eigenvalue weighted by atomic mass is 9.52. The van der Waals surface area contributed by atoms with E-state index in [1.807, 2.05) is 30.3 Å². The number of carbonyl (C=O) groups excluding carboxylic acids is 1. The Morgan fingerprint density at radius 3 is 2.78 bits per heavy atom. The third-order valence-corrected chi connectivity index (χ3v) is 9.03. The number of allylic oxidation sites excluding steroid dienone is 2. The van der Waals surface area contributed by atoms with Crippen molar-refractivity contribution in [3.05, 3.63) is 58.7 Å². The summed E-state index contributed by atoms with van der Waals surface area (Å²) >= 11 is 0. The van der Waals surface area contributed by atoms with Crippen LogP contribution < -0.4 is 0 Å². The monoisotopic (exact) mass is 431 g/mol. The van der Waals surface area contributed by atoms with E-state index in [1.165, 1.54) is 5.57 Å². The van der Waals surface area contributed by atoms with Gasteiger partial charge < -0.3 is 9.84 Å². The summed E-state index contributed by atoms with van der Waals surface area (Å²) in [5.74, 6) is 1.99. The van der Waals surface area contributed by atoms with E-state index in [-0.39, 0.29) is 23.7 Å². The van der Waals surface area contributed by atoms with Gasteiger partial charge in [-0.15, -0.1) is 0 Å². The normalized spacial score (nSPS) is 37.3. The van der Waals surface area contributed by atoms with Crippen LogP contribution in [0, 0.1) is 40.4 Å². The Morgan fingerprint density at radius 2 is 2.00 bits per heavy atom. The number of nitrogens with zero attached hydrogens (tertiary/aromatic N) is 1. The van der Waals surface area contributed by atoms with Crippen LogP contribution in [0.4, 0.5) is 0 Å². The van der Waals surface area contributed by atoms with E-state index in [9.17, 15) is 15.2 Å². The van der Waals surface area contributed by atoms with Gasteiger partial charge in [0.05, 0.1) is 6.10 Å². The highest BCUT2D eigenvalue weighted by Gasteiger charge is 2.55. The van der Waals surface area contributed by atoms with Crippen molar-refractivity contribution in [3.8, 4) is 6.07 Å². The Labute approximate surface area is 191 Å². The topological polar surface area (TPSA) is 70.3 Å². The molecule has 5 rings (SSSR count). The zero-order valence-corrected chi connectivity index (χ0v) is 18.9. The number of fused-ring (bicyclic) bond motifs is 5. The highest BCUT2D eigenvalue weighted by molar-refractivity contribution is 5.94. The molecule has 0 amide bonds. The second-order valence-electron chi connectivity index (χ2n) is 10.5. The number of hydrogen-bond donors (Lipinski definition) is 1. The van der Waals surface area contributed by atoms with Crippen molar-refractivity contribution < 1.29 is 14.6 Å². The third kappa shape index (κ3) is 3.61. The molecule has 0 aliphatic heterocycles. The fraction of sp³-hybridized carbons (Fsp3) is 0.571. The number of rotatable bonds is 3. The van der Waals surface area contributed by atoms with E-state index in [0.29, 0.717) is 23.7 Å². The number of aliphatic hydroxyl groups is 1. The van der Waals surface area contributed by atoms with Crippen molar-refractivity contribution >= 4 is 5.97 Å². The Kier molecular flexibility index (Phi) is 5.72. The fourth-order valence-electron chi connectivity index (χ4n) is 7.50. The summed E-state index contributed by atoms with van der Waals surface area (Å²) in [5, 5.41) is 20.0. The summed E-state index contributed by atoms with van der Waals surface area (Å²) in [7, 11) is 0. The Morgan fingerprint density at radius 1 is 1.19 bits per heavy atom. The molecule has 6 atom stereocenters. The molecule has 3 fully saturated rings. The molecule has 4 nitrogen and oxygen atoms in total. The van der Waals surface area contributed by atoms with Gasteiger partial charge in [-0.3, -0.25) is 0 Å². The first-order valence-electron chi connectivity index (χ1n) is 12.2. The van der Waals surface area contributed by atoms with E-state index in [2.05, 4.69) is 19.1 Å². The molecule has 4 aliphatic rings. The van der Waals surface area contributed by atoms with Crippen molar-refractivity contribution in [2.24, 2.45) is 29.1 Å². The zero-order chi connectivity index (χ0) is 22.3. The highest BCUT2D eigenvalue weighted by Crippen LogP contribution is 2.63. The predicted molar refractivity (Wildman–Crippen MR) is 122 cm³/mol. The molecule has 1 aromatic rings. The summed E-state index contributed by atoms with van der Waals surface area (Å²) < 4.78 is 5.55. The van der Waals surface area contributed by atoms with Gasteiger partial charge in [0, 0.05) is 0 Å². The number of benzene rings is 1. The second kappa shape index (κ2) is 8.52. The number of carbonyl (C=O) groups is 1. The van der Waals surface area contributed by atoms with E-state index >= 15 is 0 Å². The molecule has 32 heavy (non-hydrogen) atoms. The lowest BCUT2D eigenvalue weighted by Gasteiger charge is -2.52. The van der Waals surface area contributed by atoms with Crippen LogP contribution in [0.1, 0.15) is 63.9 Å². The van der Waals surface area contributed by atoms with E-state index in [4.69, 9.17) is 4.74 Å². The van der Waals surface area contributed by atoms with Gasteiger partial charge in [-0.25, -0.2) is 4.79 Å². The largest absolute Gasteiger partial charge is 0.457 e. The smallest absolute Gasteiger partial charge is 0.349 e. The predicted octanol–water partition coefficient (Wildman–Crippen LogP) is 5.48. The van der Waals surface area contributed by atoms with Gasteiger partial charge in [0.25, 0.3) is 0 Å². The molecule has 1 aromatic carbocycles. The van der Waals surface area contributed by atoms with Gasteiger partial charge in [-0.05, 0) is 91.6 Å². The lowest BCUT2D eigenvalue weighted by molar-refractivity contribution is -0.140. The van der Waals surface area contributed by atoms with Crippen LogP contribution in [0.2, 0.25) is 0 Å². The first kappa shape index (κ1) is 21.5. The lowest BCUT2D eigenvalue weighted by Crippen LogP contribution is -2.45. The molecular formula is C28H33NO3. The molecule has 4 heteroatoms. The molecule has 0 radical (unpaired) electrons. The number of nitriles is 1. The Bertz CT molecular complexity index is 988. The standard InChI is InChI=1S/C28H33NO3/c1-28-14-13-22-21-10-8-20(30)15-19(21)7-9-23(22)25(28)11-12-26(28)24(16-29)27(31)32-17-18-5-3-2-4-6-18/h2-7,20-23,25,30H,8-15,17H2,1H3/t20?,21-,22+,23+,25-,28-/m0/s1. The van der Waals surface area contributed by atoms with Crippen molar-refractivity contribution in [1.29, 1.82) is 5.26 Å². The fourth-order valence-corrected chi connectivity index (χ4v) is 7.50. The molecule has 0 aromatic heterocycles. The van der Waals surface area contributed by atoms with Crippen molar-refractivity contribution in [2.75, 3.05) is 0 Å². The molecule has 4 aliphatic carbocycles. The molecule has 1 N–H and O–H groups in total. The average molecular weight is 432 g/mol. The number of esters is 1. The molecule has 3 saturated carbocycles. The van der Waals surface area contributed by atoms with E-state index in [0.717, 1.165) is 62.5 Å². The Hall–Kier alpha value is -2.38. The summed E-state index contributed by atoms with van der Waals surface area (Å²) in [5.41, 5.74) is 3.62. The number of aliphatic hydroxyl groups excluding tert-OH is 1. The minimum absolute atomic E-state index is 0.0858. The summed E-state index contributed by atoms with van der Waals surface area (Å²) in [4.78, 5) is 12.9. The second-order valence-corrected chi connectivity index (χ2v) is 10.5. The molecule has 0 spiro atoms. The highest BCUT2D eigenvalue weighted by atomic mass is 16.5. The molecule has 0 saturated heterocycles. The molecule has 0 heterocycles. The van der Waals surface area contributed by atoms with Gasteiger partial charge in [0.15, 0.2) is 0 Å². The molecule has 168 valence electrons. The van der Waals surface area contributed by atoms with Crippen LogP contribution in [0.15, 0.2) is 53.1 Å².